The molecular weight excluding hydrogens is 294 g/mol. The van der Waals surface area contributed by atoms with Crippen molar-refractivity contribution in [2.75, 3.05) is 26.2 Å². The molecule has 0 aromatic carbocycles. The highest BCUT2D eigenvalue weighted by molar-refractivity contribution is 5.93. The summed E-state index contributed by atoms with van der Waals surface area (Å²) in [4.78, 5) is 26.3. The van der Waals surface area contributed by atoms with Crippen LogP contribution in [0.5, 0.6) is 0 Å². The molecule has 2 heterocycles. The minimum atomic E-state index is -0.327. The molecule has 1 saturated carbocycles. The third kappa shape index (κ3) is 3.68. The van der Waals surface area contributed by atoms with Crippen LogP contribution in [0.2, 0.25) is 0 Å². The number of esters is 1. The lowest BCUT2D eigenvalue weighted by Crippen LogP contribution is -2.48. The van der Waals surface area contributed by atoms with Crippen LogP contribution < -0.4 is 10.6 Å². The third-order valence-corrected chi connectivity index (χ3v) is 5.30. The number of amides is 2. The molecule has 128 valence electrons. The zero-order valence-electron chi connectivity index (χ0n) is 13.9. The van der Waals surface area contributed by atoms with Crippen molar-refractivity contribution in [3.63, 3.8) is 0 Å². The Morgan fingerprint density at radius 3 is 2.78 bits per heavy atom. The summed E-state index contributed by atoms with van der Waals surface area (Å²) in [7, 11) is 0. The molecule has 1 aliphatic carbocycles. The van der Waals surface area contributed by atoms with Gasteiger partial charge in [-0.15, -0.1) is 0 Å². The van der Waals surface area contributed by atoms with Gasteiger partial charge in [0.05, 0.1) is 18.7 Å². The smallest absolute Gasteiger partial charge is 0.337 e. The van der Waals surface area contributed by atoms with E-state index in [1.807, 2.05) is 0 Å². The topological polar surface area (TPSA) is 70.7 Å². The molecule has 0 radical (unpaired) electrons. The number of likely N-dealkylation sites (tertiary alicyclic amines) is 1. The molecule has 3 rings (SSSR count). The summed E-state index contributed by atoms with van der Waals surface area (Å²) in [5, 5.41) is 5.50. The van der Waals surface area contributed by atoms with Crippen molar-refractivity contribution in [2.45, 2.75) is 51.5 Å². The van der Waals surface area contributed by atoms with Crippen LogP contribution in [0, 0.1) is 5.92 Å². The van der Waals surface area contributed by atoms with E-state index >= 15 is 0 Å². The van der Waals surface area contributed by atoms with Gasteiger partial charge in [0.1, 0.15) is 0 Å². The minimum Gasteiger partial charge on any atom is -0.463 e. The number of hydrogen-bond acceptors (Lipinski definition) is 4. The van der Waals surface area contributed by atoms with E-state index in [4.69, 9.17) is 4.74 Å². The number of carbonyl (C=O) groups excluding carboxylic acids is 2. The Bertz CT molecular complexity index is 497. The molecule has 1 atom stereocenters. The predicted octanol–water partition coefficient (Wildman–Crippen LogP) is 1.77. The SMILES string of the molecule is CCOC(=O)C1=C(CN2CCCC2C2CCCC2)NC(=O)NC1. The Morgan fingerprint density at radius 2 is 2.04 bits per heavy atom. The van der Waals surface area contributed by atoms with Crippen molar-refractivity contribution in [1.82, 2.24) is 15.5 Å². The molecule has 3 aliphatic rings. The zero-order valence-corrected chi connectivity index (χ0v) is 13.9. The summed E-state index contributed by atoms with van der Waals surface area (Å²) in [6.45, 7) is 4.08. The quantitative estimate of drug-likeness (QED) is 0.757. The molecule has 2 fully saturated rings. The Hall–Kier alpha value is -1.56. The van der Waals surface area contributed by atoms with Crippen molar-refractivity contribution < 1.29 is 14.3 Å². The normalized spacial score (nSPS) is 26.3. The maximum Gasteiger partial charge on any atom is 0.337 e. The second-order valence-corrected chi connectivity index (χ2v) is 6.71. The van der Waals surface area contributed by atoms with Gasteiger partial charge in [0.15, 0.2) is 0 Å². The van der Waals surface area contributed by atoms with Gasteiger partial charge in [-0.3, -0.25) is 4.90 Å². The second-order valence-electron chi connectivity index (χ2n) is 6.71. The highest BCUT2D eigenvalue weighted by Gasteiger charge is 2.35. The van der Waals surface area contributed by atoms with Gasteiger partial charge in [0.25, 0.3) is 0 Å². The Kier molecular flexibility index (Phi) is 5.20. The summed E-state index contributed by atoms with van der Waals surface area (Å²) in [6, 6.07) is 0.366. The zero-order chi connectivity index (χ0) is 16.2. The second kappa shape index (κ2) is 7.34. The first kappa shape index (κ1) is 16.3. The number of urea groups is 1. The number of nitrogens with one attached hydrogen (secondary N) is 2. The summed E-state index contributed by atoms with van der Waals surface area (Å²) in [6.07, 6.45) is 7.75. The van der Waals surface area contributed by atoms with Gasteiger partial charge in [0, 0.05) is 18.3 Å². The maximum absolute atomic E-state index is 12.1. The minimum absolute atomic E-state index is 0.232. The first-order chi connectivity index (χ1) is 11.2. The van der Waals surface area contributed by atoms with E-state index in [9.17, 15) is 9.59 Å². The summed E-state index contributed by atoms with van der Waals surface area (Å²) in [5.41, 5.74) is 1.28. The van der Waals surface area contributed by atoms with Crippen LogP contribution in [0.3, 0.4) is 0 Å². The predicted molar refractivity (Wildman–Crippen MR) is 86.7 cm³/mol. The van der Waals surface area contributed by atoms with Crippen LogP contribution in [-0.2, 0) is 9.53 Å². The van der Waals surface area contributed by atoms with E-state index in [1.165, 1.54) is 38.5 Å². The molecule has 0 bridgehead atoms. The van der Waals surface area contributed by atoms with E-state index < -0.39 is 0 Å². The molecule has 0 aromatic rings. The molecule has 2 amide bonds. The fourth-order valence-corrected chi connectivity index (χ4v) is 4.21. The van der Waals surface area contributed by atoms with Crippen molar-refractivity contribution in [3.8, 4) is 0 Å². The van der Waals surface area contributed by atoms with Crippen molar-refractivity contribution in [3.05, 3.63) is 11.3 Å². The fraction of sp³-hybridized carbons (Fsp3) is 0.765. The summed E-state index contributed by atoms with van der Waals surface area (Å²) in [5.74, 6) is 0.452. The molecule has 6 nitrogen and oxygen atoms in total. The molecular formula is C17H27N3O3. The number of ether oxygens (including phenoxy) is 1. The Labute approximate surface area is 137 Å². The van der Waals surface area contributed by atoms with Gasteiger partial charge >= 0.3 is 12.0 Å². The van der Waals surface area contributed by atoms with E-state index in [0.29, 0.717) is 24.8 Å². The molecule has 2 N–H and O–H groups in total. The maximum atomic E-state index is 12.1. The average molecular weight is 321 g/mol. The van der Waals surface area contributed by atoms with E-state index in [0.717, 1.165) is 18.2 Å². The molecule has 6 heteroatoms. The number of nitrogens with zero attached hydrogens (tertiary/aromatic N) is 1. The Balaban J connectivity index is 1.74. The standard InChI is InChI=1S/C17H27N3O3/c1-2-23-16(21)13-10-18-17(22)19-14(13)11-20-9-5-8-15(20)12-6-3-4-7-12/h12,15H,2-11H2,1H3,(H2,18,19,22). The first-order valence-electron chi connectivity index (χ1n) is 8.87. The number of carbonyl (C=O) groups is 2. The summed E-state index contributed by atoms with van der Waals surface area (Å²) < 4.78 is 5.13. The largest absolute Gasteiger partial charge is 0.463 e. The van der Waals surface area contributed by atoms with Crippen LogP contribution in [0.25, 0.3) is 0 Å². The van der Waals surface area contributed by atoms with Crippen LogP contribution >= 0.6 is 0 Å². The summed E-state index contributed by atoms with van der Waals surface area (Å²) >= 11 is 0. The molecule has 0 aromatic heterocycles. The average Bonchev–Trinajstić information content (AvgIpc) is 3.18. The Morgan fingerprint density at radius 1 is 1.26 bits per heavy atom. The lowest BCUT2D eigenvalue weighted by molar-refractivity contribution is -0.138. The number of rotatable bonds is 5. The monoisotopic (exact) mass is 321 g/mol. The fourth-order valence-electron chi connectivity index (χ4n) is 4.21. The lowest BCUT2D eigenvalue weighted by Gasteiger charge is -2.32. The molecule has 1 saturated heterocycles. The van der Waals surface area contributed by atoms with Gasteiger partial charge in [0.2, 0.25) is 0 Å². The highest BCUT2D eigenvalue weighted by Crippen LogP contribution is 2.35. The van der Waals surface area contributed by atoms with Gasteiger partial charge in [-0.25, -0.2) is 9.59 Å². The van der Waals surface area contributed by atoms with E-state index in [-0.39, 0.29) is 18.5 Å². The lowest BCUT2D eigenvalue weighted by atomic mass is 9.96. The van der Waals surface area contributed by atoms with E-state index in [1.54, 1.807) is 6.92 Å². The van der Waals surface area contributed by atoms with Crippen molar-refractivity contribution in [2.24, 2.45) is 5.92 Å². The van der Waals surface area contributed by atoms with Gasteiger partial charge in [-0.05, 0) is 45.1 Å². The third-order valence-electron chi connectivity index (χ3n) is 5.30. The van der Waals surface area contributed by atoms with Gasteiger partial charge in [-0.1, -0.05) is 12.8 Å². The first-order valence-corrected chi connectivity index (χ1v) is 8.87. The molecule has 2 aliphatic heterocycles. The van der Waals surface area contributed by atoms with Crippen LogP contribution in [-0.4, -0.2) is 49.2 Å². The van der Waals surface area contributed by atoms with E-state index in [2.05, 4.69) is 15.5 Å². The van der Waals surface area contributed by atoms with Crippen LogP contribution in [0.4, 0.5) is 4.79 Å². The highest BCUT2D eigenvalue weighted by atomic mass is 16.5. The molecule has 1 unspecified atom stereocenters. The van der Waals surface area contributed by atoms with Crippen molar-refractivity contribution >= 4 is 12.0 Å². The molecule has 23 heavy (non-hydrogen) atoms. The number of hydrogen-bond donors (Lipinski definition) is 2. The van der Waals surface area contributed by atoms with Crippen LogP contribution in [0.15, 0.2) is 11.3 Å². The van der Waals surface area contributed by atoms with Crippen LogP contribution in [0.1, 0.15) is 45.4 Å². The van der Waals surface area contributed by atoms with Gasteiger partial charge in [-0.2, -0.15) is 0 Å². The van der Waals surface area contributed by atoms with Gasteiger partial charge < -0.3 is 15.4 Å². The van der Waals surface area contributed by atoms with Crippen molar-refractivity contribution in [1.29, 1.82) is 0 Å². The molecule has 0 spiro atoms.